The topological polar surface area (TPSA) is 49.3 Å². The summed E-state index contributed by atoms with van der Waals surface area (Å²) in [5, 5.41) is 11.9. The van der Waals surface area contributed by atoms with Gasteiger partial charge in [-0.3, -0.25) is 0 Å². The van der Waals surface area contributed by atoms with Crippen molar-refractivity contribution in [1.82, 2.24) is 0 Å². The molecule has 0 radical (unpaired) electrons. The summed E-state index contributed by atoms with van der Waals surface area (Å²) in [4.78, 5) is 10.7. The van der Waals surface area contributed by atoms with Crippen LogP contribution in [0.4, 0.5) is 5.69 Å². The highest BCUT2D eigenvalue weighted by Gasteiger charge is 2.02. The van der Waals surface area contributed by atoms with Crippen molar-refractivity contribution in [3.8, 4) is 11.1 Å². The lowest BCUT2D eigenvalue weighted by Crippen LogP contribution is -1.95. The molecule has 0 unspecified atom stereocenters. The molecule has 2 aromatic rings. The van der Waals surface area contributed by atoms with Gasteiger partial charge in [0.1, 0.15) is 0 Å². The number of rotatable bonds is 3. The summed E-state index contributed by atoms with van der Waals surface area (Å²) in [7, 11) is 1.87. The van der Waals surface area contributed by atoms with Crippen LogP contribution in [0.5, 0.6) is 0 Å². The molecule has 0 saturated carbocycles. The molecule has 0 atom stereocenters. The van der Waals surface area contributed by atoms with E-state index < -0.39 is 5.97 Å². The fourth-order valence-corrected chi connectivity index (χ4v) is 1.63. The molecule has 0 fully saturated rings. The lowest BCUT2D eigenvalue weighted by atomic mass is 10.0. The van der Waals surface area contributed by atoms with Gasteiger partial charge < -0.3 is 10.4 Å². The Morgan fingerprint density at radius 2 is 1.41 bits per heavy atom. The van der Waals surface area contributed by atoms with E-state index in [1.165, 1.54) is 0 Å². The minimum Gasteiger partial charge on any atom is -0.478 e. The Morgan fingerprint density at radius 3 is 1.82 bits per heavy atom. The lowest BCUT2D eigenvalue weighted by molar-refractivity contribution is 0.0697. The van der Waals surface area contributed by atoms with Crippen LogP contribution < -0.4 is 5.32 Å². The summed E-state index contributed by atoms with van der Waals surface area (Å²) in [5.74, 6) is -0.901. The number of hydrogen-bond donors (Lipinski definition) is 2. The highest BCUT2D eigenvalue weighted by atomic mass is 16.4. The second-order valence-electron chi connectivity index (χ2n) is 3.71. The van der Waals surface area contributed by atoms with Crippen LogP contribution >= 0.6 is 0 Å². The molecule has 0 saturated heterocycles. The normalized spacial score (nSPS) is 9.94. The van der Waals surface area contributed by atoms with Crippen LogP contribution in [0, 0.1) is 0 Å². The number of hydrogen-bond acceptors (Lipinski definition) is 2. The monoisotopic (exact) mass is 227 g/mol. The zero-order valence-electron chi connectivity index (χ0n) is 9.47. The van der Waals surface area contributed by atoms with Crippen molar-refractivity contribution < 1.29 is 9.90 Å². The van der Waals surface area contributed by atoms with E-state index in [0.717, 1.165) is 16.8 Å². The van der Waals surface area contributed by atoms with Crippen LogP contribution in [0.1, 0.15) is 10.4 Å². The van der Waals surface area contributed by atoms with Gasteiger partial charge in [0.2, 0.25) is 0 Å². The highest BCUT2D eigenvalue weighted by Crippen LogP contribution is 2.21. The van der Waals surface area contributed by atoms with Crippen molar-refractivity contribution in [3.05, 3.63) is 54.1 Å². The molecule has 0 bridgehead atoms. The van der Waals surface area contributed by atoms with Gasteiger partial charge in [0.05, 0.1) is 5.56 Å². The third kappa shape index (κ3) is 2.45. The average Bonchev–Trinajstić information content (AvgIpc) is 2.39. The summed E-state index contributed by atoms with van der Waals surface area (Å²) in [6.45, 7) is 0. The van der Waals surface area contributed by atoms with E-state index in [-0.39, 0.29) is 0 Å². The molecule has 0 aliphatic rings. The Hall–Kier alpha value is -2.29. The predicted octanol–water partition coefficient (Wildman–Crippen LogP) is 3.09. The lowest BCUT2D eigenvalue weighted by Gasteiger charge is -2.04. The SMILES string of the molecule is CNc1ccc(-c2ccc(C(=O)O)cc2)cc1. The maximum atomic E-state index is 10.7. The Kier molecular flexibility index (Phi) is 3.10. The van der Waals surface area contributed by atoms with Gasteiger partial charge >= 0.3 is 5.97 Å². The molecule has 17 heavy (non-hydrogen) atoms. The predicted molar refractivity (Wildman–Crippen MR) is 68.4 cm³/mol. The van der Waals surface area contributed by atoms with E-state index in [4.69, 9.17) is 5.11 Å². The van der Waals surface area contributed by atoms with Crippen molar-refractivity contribution in [2.45, 2.75) is 0 Å². The minimum atomic E-state index is -0.901. The van der Waals surface area contributed by atoms with Crippen molar-refractivity contribution in [1.29, 1.82) is 0 Å². The second kappa shape index (κ2) is 4.70. The van der Waals surface area contributed by atoms with Crippen LogP contribution in [0.25, 0.3) is 11.1 Å². The fourth-order valence-electron chi connectivity index (χ4n) is 1.63. The summed E-state index contributed by atoms with van der Waals surface area (Å²) in [6.07, 6.45) is 0. The molecule has 0 aromatic heterocycles. The van der Waals surface area contributed by atoms with Gasteiger partial charge in [0.25, 0.3) is 0 Å². The molecule has 2 N–H and O–H groups in total. The first-order valence-corrected chi connectivity index (χ1v) is 5.32. The standard InChI is InChI=1S/C14H13NO2/c1-15-13-8-6-11(7-9-13)10-2-4-12(5-3-10)14(16)17/h2-9,15H,1H3,(H,16,17). The largest absolute Gasteiger partial charge is 0.478 e. The molecular weight excluding hydrogens is 214 g/mol. The van der Waals surface area contributed by atoms with E-state index in [0.29, 0.717) is 5.56 Å². The first-order valence-electron chi connectivity index (χ1n) is 5.32. The number of carboxylic acids is 1. The third-order valence-corrected chi connectivity index (χ3v) is 2.64. The van der Waals surface area contributed by atoms with Gasteiger partial charge in [-0.2, -0.15) is 0 Å². The Labute approximate surface area is 99.7 Å². The molecular formula is C14H13NO2. The zero-order valence-corrected chi connectivity index (χ0v) is 9.47. The number of carboxylic acid groups (broad SMARTS) is 1. The zero-order chi connectivity index (χ0) is 12.3. The second-order valence-corrected chi connectivity index (χ2v) is 3.71. The highest BCUT2D eigenvalue weighted by molar-refractivity contribution is 5.88. The molecule has 86 valence electrons. The van der Waals surface area contributed by atoms with E-state index in [1.54, 1.807) is 12.1 Å². The molecule has 2 rings (SSSR count). The van der Waals surface area contributed by atoms with E-state index in [2.05, 4.69) is 5.32 Å². The van der Waals surface area contributed by atoms with Gasteiger partial charge in [-0.25, -0.2) is 4.79 Å². The summed E-state index contributed by atoms with van der Waals surface area (Å²) >= 11 is 0. The van der Waals surface area contributed by atoms with Gasteiger partial charge in [-0.15, -0.1) is 0 Å². The van der Waals surface area contributed by atoms with E-state index in [1.807, 2.05) is 43.4 Å². The van der Waals surface area contributed by atoms with Crippen LogP contribution in [0.3, 0.4) is 0 Å². The van der Waals surface area contributed by atoms with Gasteiger partial charge in [-0.1, -0.05) is 24.3 Å². The van der Waals surface area contributed by atoms with Crippen molar-refractivity contribution in [3.63, 3.8) is 0 Å². The number of anilines is 1. The number of aromatic carboxylic acids is 1. The van der Waals surface area contributed by atoms with E-state index in [9.17, 15) is 4.79 Å². The number of nitrogens with one attached hydrogen (secondary N) is 1. The quantitative estimate of drug-likeness (QED) is 0.847. The van der Waals surface area contributed by atoms with Gasteiger partial charge in [0.15, 0.2) is 0 Å². The van der Waals surface area contributed by atoms with Gasteiger partial charge in [-0.05, 0) is 35.4 Å². The van der Waals surface area contributed by atoms with Crippen LogP contribution in [-0.2, 0) is 0 Å². The van der Waals surface area contributed by atoms with Crippen LogP contribution in [0.2, 0.25) is 0 Å². The smallest absolute Gasteiger partial charge is 0.335 e. The summed E-state index contributed by atoms with van der Waals surface area (Å²) in [5.41, 5.74) is 3.44. The third-order valence-electron chi connectivity index (χ3n) is 2.64. The maximum absolute atomic E-state index is 10.7. The van der Waals surface area contributed by atoms with Crippen LogP contribution in [0.15, 0.2) is 48.5 Å². The van der Waals surface area contributed by atoms with Crippen molar-refractivity contribution in [2.24, 2.45) is 0 Å². The van der Waals surface area contributed by atoms with Crippen LogP contribution in [-0.4, -0.2) is 18.1 Å². The fraction of sp³-hybridized carbons (Fsp3) is 0.0714. The molecule has 0 amide bonds. The molecule has 0 aliphatic heterocycles. The summed E-state index contributed by atoms with van der Waals surface area (Å²) < 4.78 is 0. The molecule has 3 heteroatoms. The van der Waals surface area contributed by atoms with Crippen molar-refractivity contribution >= 4 is 11.7 Å². The minimum absolute atomic E-state index is 0.306. The molecule has 2 aromatic carbocycles. The Morgan fingerprint density at radius 1 is 0.941 bits per heavy atom. The Bertz CT molecular complexity index is 515. The number of benzene rings is 2. The first kappa shape index (κ1) is 11.2. The molecule has 0 aliphatic carbocycles. The van der Waals surface area contributed by atoms with Crippen molar-refractivity contribution in [2.75, 3.05) is 12.4 Å². The van der Waals surface area contributed by atoms with E-state index >= 15 is 0 Å². The van der Waals surface area contributed by atoms with Gasteiger partial charge in [0, 0.05) is 12.7 Å². The average molecular weight is 227 g/mol. The first-order chi connectivity index (χ1) is 8.20. The molecule has 0 heterocycles. The maximum Gasteiger partial charge on any atom is 0.335 e. The number of carbonyl (C=O) groups is 1. The summed E-state index contributed by atoms with van der Waals surface area (Å²) in [6, 6.07) is 14.8. The molecule has 3 nitrogen and oxygen atoms in total. The molecule has 0 spiro atoms. The Balaban J connectivity index is 2.29.